The predicted octanol–water partition coefficient (Wildman–Crippen LogP) is 3.95. The predicted molar refractivity (Wildman–Crippen MR) is 133 cm³/mol. The molecule has 7 rings (SSSR count). The molecule has 2 amide bonds. The monoisotopic (exact) mass is 530 g/mol. The maximum atomic E-state index is 14.8. The van der Waals surface area contributed by atoms with E-state index in [-0.39, 0.29) is 19.1 Å². The van der Waals surface area contributed by atoms with Gasteiger partial charge in [-0.1, -0.05) is 0 Å². The minimum Gasteiger partial charge on any atom is -0.378 e. The molecular formula is C25H29F3N8O2. The second-order valence-corrected chi connectivity index (χ2v) is 11.2. The Balaban J connectivity index is 1.19. The highest BCUT2D eigenvalue weighted by Crippen LogP contribution is 2.51. The first kappa shape index (κ1) is 23.7. The first-order chi connectivity index (χ1) is 18.2. The summed E-state index contributed by atoms with van der Waals surface area (Å²) in [6.45, 7) is 0.938. The van der Waals surface area contributed by atoms with Crippen LogP contribution in [0.1, 0.15) is 38.5 Å². The topological polar surface area (TPSA) is 104 Å². The van der Waals surface area contributed by atoms with Gasteiger partial charge in [0.25, 0.3) is 5.92 Å². The van der Waals surface area contributed by atoms with Gasteiger partial charge >= 0.3 is 6.03 Å². The SMILES string of the molecule is COC1CN(c2nn(CC3(F)CC3)c3cc(-c4[nH]ncc4NC(=O)N4CC(F)(F)CCC45CC5)ncc23)C1. The molecule has 38 heavy (non-hydrogen) atoms. The number of methoxy groups -OCH3 is 1. The van der Waals surface area contributed by atoms with Crippen molar-refractivity contribution >= 4 is 28.4 Å². The lowest BCUT2D eigenvalue weighted by atomic mass is 9.97. The highest BCUT2D eigenvalue weighted by Gasteiger charge is 2.57. The van der Waals surface area contributed by atoms with E-state index in [1.54, 1.807) is 24.1 Å². The summed E-state index contributed by atoms with van der Waals surface area (Å²) in [7, 11) is 1.68. The fourth-order valence-corrected chi connectivity index (χ4v) is 5.60. The van der Waals surface area contributed by atoms with Crippen molar-refractivity contribution in [3.05, 3.63) is 18.5 Å². The van der Waals surface area contributed by atoms with E-state index in [9.17, 15) is 18.0 Å². The summed E-state index contributed by atoms with van der Waals surface area (Å²) in [4.78, 5) is 21.1. The van der Waals surface area contributed by atoms with E-state index in [4.69, 9.17) is 9.84 Å². The molecule has 2 N–H and O–H groups in total. The number of rotatable bonds is 6. The highest BCUT2D eigenvalue weighted by molar-refractivity contribution is 5.96. The molecule has 1 spiro atoms. The number of H-pyrrole nitrogens is 1. The third kappa shape index (κ3) is 3.98. The van der Waals surface area contributed by atoms with Crippen LogP contribution >= 0.6 is 0 Å². The van der Waals surface area contributed by atoms with E-state index >= 15 is 0 Å². The van der Waals surface area contributed by atoms with E-state index < -0.39 is 29.7 Å². The van der Waals surface area contributed by atoms with Crippen LogP contribution in [0.5, 0.6) is 0 Å². The number of hydrogen-bond acceptors (Lipinski definition) is 6. The molecule has 202 valence electrons. The van der Waals surface area contributed by atoms with Gasteiger partial charge in [-0.25, -0.2) is 18.0 Å². The van der Waals surface area contributed by atoms with Crippen molar-refractivity contribution in [3.63, 3.8) is 0 Å². The molecular weight excluding hydrogens is 501 g/mol. The molecule has 3 aromatic rings. The fourth-order valence-electron chi connectivity index (χ4n) is 5.60. The Morgan fingerprint density at radius 2 is 1.92 bits per heavy atom. The summed E-state index contributed by atoms with van der Waals surface area (Å²) in [5.41, 5.74) is 0.242. The lowest BCUT2D eigenvalue weighted by Crippen LogP contribution is -2.54. The largest absolute Gasteiger partial charge is 0.378 e. The molecule has 0 aromatic carbocycles. The summed E-state index contributed by atoms with van der Waals surface area (Å²) in [6.07, 6.45) is 5.84. The smallest absolute Gasteiger partial charge is 0.322 e. The van der Waals surface area contributed by atoms with Crippen molar-refractivity contribution in [1.29, 1.82) is 0 Å². The van der Waals surface area contributed by atoms with Crippen molar-refractivity contribution in [1.82, 2.24) is 29.9 Å². The summed E-state index contributed by atoms with van der Waals surface area (Å²) < 4.78 is 50.2. The van der Waals surface area contributed by atoms with E-state index in [0.29, 0.717) is 54.9 Å². The molecule has 0 bridgehead atoms. The lowest BCUT2D eigenvalue weighted by Gasteiger charge is -2.40. The maximum absolute atomic E-state index is 14.8. The number of nitrogens with zero attached hydrogens (tertiary/aromatic N) is 6. The minimum absolute atomic E-state index is 0.129. The standard InChI is InChI=1S/C25H29F3N8O2/c1-38-15-11-34(12-15)21-16-9-29-17(8-19(16)36(33-21)13-23(26)2-3-23)20-18(10-30-32-20)31-22(37)35-14-25(27,28)7-6-24(35)4-5-24/h8-10,15H,2-7,11-14H2,1H3,(H,30,32)(H,31,37). The zero-order valence-electron chi connectivity index (χ0n) is 21.0. The van der Waals surface area contributed by atoms with Crippen molar-refractivity contribution in [2.24, 2.45) is 0 Å². The Morgan fingerprint density at radius 3 is 2.63 bits per heavy atom. The molecule has 2 aliphatic carbocycles. The van der Waals surface area contributed by atoms with E-state index in [0.717, 1.165) is 24.0 Å². The highest BCUT2D eigenvalue weighted by atomic mass is 19.3. The minimum atomic E-state index is -2.90. The van der Waals surface area contributed by atoms with Crippen LogP contribution < -0.4 is 10.2 Å². The van der Waals surface area contributed by atoms with Gasteiger partial charge in [-0.05, 0) is 38.2 Å². The number of hydrogen-bond donors (Lipinski definition) is 2. The maximum Gasteiger partial charge on any atom is 0.322 e. The first-order valence-electron chi connectivity index (χ1n) is 13.0. The number of alkyl halides is 3. The quantitative estimate of drug-likeness (QED) is 0.500. The summed E-state index contributed by atoms with van der Waals surface area (Å²) in [6, 6.07) is 1.22. The van der Waals surface area contributed by atoms with Crippen molar-refractivity contribution in [3.8, 4) is 11.4 Å². The number of pyridine rings is 1. The number of aromatic nitrogens is 5. The van der Waals surface area contributed by atoms with Gasteiger partial charge in [0.15, 0.2) is 5.82 Å². The van der Waals surface area contributed by atoms with Gasteiger partial charge in [0.1, 0.15) is 11.4 Å². The first-order valence-corrected chi connectivity index (χ1v) is 13.0. The van der Waals surface area contributed by atoms with Crippen LogP contribution in [0.3, 0.4) is 0 Å². The second kappa shape index (κ2) is 8.08. The Labute approximate surface area is 216 Å². The van der Waals surface area contributed by atoms with Crippen LogP contribution in [-0.2, 0) is 11.3 Å². The number of carbonyl (C=O) groups excluding carboxylic acids is 1. The number of urea groups is 1. The number of carbonyl (C=O) groups is 1. The number of likely N-dealkylation sites (tertiary alicyclic amines) is 1. The Kier molecular flexibility index (Phi) is 5.05. The van der Waals surface area contributed by atoms with E-state index in [1.807, 2.05) is 0 Å². The average molecular weight is 531 g/mol. The number of fused-ring (bicyclic) bond motifs is 1. The Morgan fingerprint density at radius 1 is 1.16 bits per heavy atom. The fraction of sp³-hybridized carbons (Fsp3) is 0.600. The number of aromatic amines is 1. The number of halogens is 3. The molecule has 0 unspecified atom stereocenters. The molecule has 2 aliphatic heterocycles. The molecule has 2 saturated carbocycles. The lowest BCUT2D eigenvalue weighted by molar-refractivity contribution is -0.0721. The van der Waals surface area contributed by atoms with Gasteiger partial charge in [0, 0.05) is 38.4 Å². The van der Waals surface area contributed by atoms with Gasteiger partial charge < -0.3 is 19.9 Å². The molecule has 0 atom stereocenters. The van der Waals surface area contributed by atoms with Gasteiger partial charge in [0.05, 0.1) is 47.7 Å². The third-order valence-corrected chi connectivity index (χ3v) is 8.45. The number of nitrogens with one attached hydrogen (secondary N) is 2. The van der Waals surface area contributed by atoms with Crippen LogP contribution in [0.25, 0.3) is 22.3 Å². The van der Waals surface area contributed by atoms with Gasteiger partial charge in [-0.15, -0.1) is 0 Å². The molecule has 4 aliphatic rings. The number of amides is 2. The normalized spacial score (nSPS) is 23.1. The molecule has 2 saturated heterocycles. The second-order valence-electron chi connectivity index (χ2n) is 11.2. The average Bonchev–Trinajstić information content (AvgIpc) is 3.71. The van der Waals surface area contributed by atoms with Gasteiger partial charge in [0.2, 0.25) is 0 Å². The van der Waals surface area contributed by atoms with Crippen molar-refractivity contribution < 1.29 is 22.7 Å². The molecule has 3 aromatic heterocycles. The molecule has 5 heterocycles. The molecule has 10 nitrogen and oxygen atoms in total. The molecule has 4 fully saturated rings. The van der Waals surface area contributed by atoms with Crippen LogP contribution in [-0.4, -0.2) is 85.9 Å². The van der Waals surface area contributed by atoms with Crippen LogP contribution in [0.4, 0.5) is 29.5 Å². The number of piperidine rings is 1. The summed E-state index contributed by atoms with van der Waals surface area (Å²) >= 11 is 0. The summed E-state index contributed by atoms with van der Waals surface area (Å²) in [5.74, 6) is -2.17. The van der Waals surface area contributed by atoms with Crippen LogP contribution in [0, 0.1) is 0 Å². The Bertz CT molecular complexity index is 1410. The molecule has 13 heteroatoms. The number of ether oxygens (including phenoxy) is 1. The van der Waals surface area contributed by atoms with Gasteiger partial charge in [-0.3, -0.25) is 14.8 Å². The van der Waals surface area contributed by atoms with Crippen molar-refractivity contribution in [2.45, 2.75) is 68.3 Å². The van der Waals surface area contributed by atoms with E-state index in [1.165, 1.54) is 11.1 Å². The van der Waals surface area contributed by atoms with Gasteiger partial charge in [-0.2, -0.15) is 10.2 Å². The van der Waals surface area contributed by atoms with Crippen LogP contribution in [0.15, 0.2) is 18.5 Å². The van der Waals surface area contributed by atoms with Crippen LogP contribution in [0.2, 0.25) is 0 Å². The van der Waals surface area contributed by atoms with Crippen molar-refractivity contribution in [2.75, 3.05) is 37.0 Å². The third-order valence-electron chi connectivity index (χ3n) is 8.45. The number of anilines is 2. The summed E-state index contributed by atoms with van der Waals surface area (Å²) in [5, 5.41) is 15.2. The Hall–Kier alpha value is -3.35. The van der Waals surface area contributed by atoms with E-state index in [2.05, 4.69) is 25.4 Å². The zero-order chi connectivity index (χ0) is 26.3. The zero-order valence-corrected chi connectivity index (χ0v) is 21.0. The molecule has 0 radical (unpaired) electrons.